The van der Waals surface area contributed by atoms with Crippen LogP contribution >= 0.6 is 0 Å². The highest BCUT2D eigenvalue weighted by Gasteiger charge is 2.16. The molecule has 10 heteroatoms. The number of amides is 1. The smallest absolute Gasteiger partial charge is 0.349 e. The summed E-state index contributed by atoms with van der Waals surface area (Å²) in [5, 5.41) is 16.8. The first-order valence-electron chi connectivity index (χ1n) is 9.45. The molecule has 164 valence electrons. The number of benzene rings is 1. The molecule has 1 aromatic carbocycles. The van der Waals surface area contributed by atoms with Crippen molar-refractivity contribution in [3.63, 3.8) is 0 Å². The highest BCUT2D eigenvalue weighted by atomic mass is 32.2. The predicted octanol–water partition coefficient (Wildman–Crippen LogP) is 2.25. The van der Waals surface area contributed by atoms with Gasteiger partial charge < -0.3 is 14.6 Å². The van der Waals surface area contributed by atoms with Crippen molar-refractivity contribution in [2.24, 2.45) is 5.14 Å². The molecule has 0 saturated carbocycles. The van der Waals surface area contributed by atoms with E-state index in [2.05, 4.69) is 16.8 Å². The van der Waals surface area contributed by atoms with Gasteiger partial charge in [-0.2, -0.15) is 5.26 Å². The molecule has 1 heterocycles. The molecule has 31 heavy (non-hydrogen) atoms. The Hall–Kier alpha value is -3.42. The van der Waals surface area contributed by atoms with Crippen LogP contribution in [-0.2, 0) is 30.9 Å². The molecule has 0 spiro atoms. The van der Waals surface area contributed by atoms with E-state index >= 15 is 0 Å². The molecule has 1 aromatic heterocycles. The summed E-state index contributed by atoms with van der Waals surface area (Å²) in [6.45, 7) is 6.08. The summed E-state index contributed by atoms with van der Waals surface area (Å²) < 4.78 is 29.8. The van der Waals surface area contributed by atoms with Gasteiger partial charge in [-0.05, 0) is 56.2 Å². The Morgan fingerprint density at radius 3 is 2.61 bits per heavy atom. The van der Waals surface area contributed by atoms with Crippen LogP contribution in [0.4, 0.5) is 5.69 Å². The second kappa shape index (κ2) is 10.1. The third-order valence-electron chi connectivity index (χ3n) is 4.48. The van der Waals surface area contributed by atoms with Crippen LogP contribution in [0.25, 0.3) is 6.08 Å². The van der Waals surface area contributed by atoms with Gasteiger partial charge in [-0.25, -0.2) is 18.4 Å². The number of nitriles is 1. The number of esters is 1. The number of anilines is 1. The summed E-state index contributed by atoms with van der Waals surface area (Å²) in [4.78, 5) is 24.1. The number of nitrogens with one attached hydrogen (secondary N) is 1. The third kappa shape index (κ3) is 6.28. The zero-order chi connectivity index (χ0) is 23.2. The molecule has 0 bridgehead atoms. The Bertz CT molecular complexity index is 1170. The third-order valence-corrected chi connectivity index (χ3v) is 5.39. The highest BCUT2D eigenvalue weighted by molar-refractivity contribution is 7.89. The minimum Gasteiger partial charge on any atom is -0.451 e. The molecule has 3 N–H and O–H groups in total. The minimum absolute atomic E-state index is 0.169. The number of aromatic nitrogens is 1. The Morgan fingerprint density at radius 1 is 1.29 bits per heavy atom. The monoisotopic (exact) mass is 444 g/mol. The Kier molecular flexibility index (Phi) is 7.74. The Labute approximate surface area is 181 Å². The normalized spacial score (nSPS) is 11.6. The number of hydrogen-bond donors (Lipinski definition) is 2. The van der Waals surface area contributed by atoms with Crippen LogP contribution < -0.4 is 10.5 Å². The zero-order valence-corrected chi connectivity index (χ0v) is 18.3. The number of nitrogens with zero attached hydrogens (tertiary/aromatic N) is 2. The van der Waals surface area contributed by atoms with Gasteiger partial charge in [0.1, 0.15) is 11.6 Å². The second-order valence-corrected chi connectivity index (χ2v) is 8.41. The van der Waals surface area contributed by atoms with E-state index in [-0.39, 0.29) is 16.2 Å². The van der Waals surface area contributed by atoms with Crippen LogP contribution in [0.15, 0.2) is 40.8 Å². The molecule has 0 aliphatic heterocycles. The molecular weight excluding hydrogens is 420 g/mol. The van der Waals surface area contributed by atoms with Crippen LogP contribution in [0.1, 0.15) is 30.3 Å². The summed E-state index contributed by atoms with van der Waals surface area (Å²) in [6, 6.07) is 9.01. The maximum absolute atomic E-state index is 12.3. The maximum Gasteiger partial charge on any atom is 0.349 e. The average Bonchev–Trinajstić information content (AvgIpc) is 2.97. The molecule has 0 aliphatic carbocycles. The Morgan fingerprint density at radius 2 is 2.00 bits per heavy atom. The van der Waals surface area contributed by atoms with Crippen molar-refractivity contribution in [2.75, 3.05) is 11.9 Å². The van der Waals surface area contributed by atoms with Crippen molar-refractivity contribution in [2.45, 2.75) is 38.6 Å². The highest BCUT2D eigenvalue weighted by Crippen LogP contribution is 2.19. The van der Waals surface area contributed by atoms with Crippen molar-refractivity contribution in [3.8, 4) is 6.07 Å². The molecular formula is C21H24N4O5S. The number of nitrogens with two attached hydrogens (primary N) is 1. The first-order chi connectivity index (χ1) is 14.6. The number of hydrogen-bond acceptors (Lipinski definition) is 6. The van der Waals surface area contributed by atoms with Crippen molar-refractivity contribution in [1.82, 2.24) is 4.57 Å². The Balaban J connectivity index is 2.06. The number of carbonyl (C=O) groups is 2. The summed E-state index contributed by atoms with van der Waals surface area (Å²) in [7, 11) is -3.92. The molecule has 0 fully saturated rings. The lowest BCUT2D eigenvalue weighted by molar-refractivity contribution is -0.142. The quantitative estimate of drug-likeness (QED) is 0.363. The molecule has 9 nitrogen and oxygen atoms in total. The molecule has 0 aliphatic rings. The van der Waals surface area contributed by atoms with E-state index in [1.165, 1.54) is 30.3 Å². The van der Waals surface area contributed by atoms with Crippen molar-refractivity contribution in [1.29, 1.82) is 5.26 Å². The minimum atomic E-state index is -3.92. The number of carbonyl (C=O) groups excluding carboxylic acids is 2. The lowest BCUT2D eigenvalue weighted by Crippen LogP contribution is -2.21. The number of ether oxygens (including phenoxy) is 1. The van der Waals surface area contributed by atoms with Gasteiger partial charge in [0.25, 0.3) is 5.91 Å². The number of sulfonamides is 1. The fourth-order valence-electron chi connectivity index (χ4n) is 2.99. The molecule has 0 radical (unpaired) electrons. The number of primary sulfonamides is 1. The van der Waals surface area contributed by atoms with Gasteiger partial charge >= 0.3 is 5.97 Å². The van der Waals surface area contributed by atoms with E-state index in [9.17, 15) is 23.3 Å². The molecule has 0 atom stereocenters. The van der Waals surface area contributed by atoms with Gasteiger partial charge in [0, 0.05) is 23.6 Å². The van der Waals surface area contributed by atoms with Gasteiger partial charge in [-0.3, -0.25) is 4.79 Å². The van der Waals surface area contributed by atoms with Crippen LogP contribution in [-0.4, -0.2) is 31.5 Å². The van der Waals surface area contributed by atoms with Gasteiger partial charge in [0.05, 0.1) is 4.90 Å². The molecule has 0 unspecified atom stereocenters. The van der Waals surface area contributed by atoms with Gasteiger partial charge in [-0.15, -0.1) is 0 Å². The van der Waals surface area contributed by atoms with Crippen LogP contribution in [0.5, 0.6) is 0 Å². The number of aryl methyl sites for hydroxylation is 1. The van der Waals surface area contributed by atoms with Crippen molar-refractivity contribution in [3.05, 3.63) is 52.9 Å². The molecule has 2 rings (SSSR count). The lowest BCUT2D eigenvalue weighted by atomic mass is 10.1. The van der Waals surface area contributed by atoms with E-state index in [4.69, 9.17) is 9.88 Å². The molecule has 2 aromatic rings. The summed E-state index contributed by atoms with van der Waals surface area (Å²) in [5.74, 6) is -1.63. The number of rotatable bonds is 8. The molecule has 1 amide bonds. The zero-order valence-electron chi connectivity index (χ0n) is 17.5. The summed E-state index contributed by atoms with van der Waals surface area (Å²) >= 11 is 0. The SMILES string of the molecule is CCCn1c(C)cc(C=C(C#N)C(=O)OCC(=O)Nc2cccc(S(N)(=O)=O)c2)c1C. The second-order valence-electron chi connectivity index (χ2n) is 6.85. The predicted molar refractivity (Wildman–Crippen MR) is 115 cm³/mol. The van der Waals surface area contributed by atoms with Crippen LogP contribution in [0, 0.1) is 25.2 Å². The topological polar surface area (TPSA) is 144 Å². The summed E-state index contributed by atoms with van der Waals surface area (Å²) in [5.41, 5.74) is 2.60. The van der Waals surface area contributed by atoms with Gasteiger partial charge in [0.2, 0.25) is 10.0 Å². The van der Waals surface area contributed by atoms with Crippen molar-refractivity contribution < 1.29 is 22.7 Å². The van der Waals surface area contributed by atoms with Crippen LogP contribution in [0.3, 0.4) is 0 Å². The molecule has 0 saturated heterocycles. The fourth-order valence-corrected chi connectivity index (χ4v) is 3.55. The standard InChI is InChI=1S/C21H24N4O5S/c1-4-8-25-14(2)9-16(15(25)3)10-17(12-22)21(27)30-13-20(26)24-18-6-5-7-19(11-18)31(23,28)29/h5-7,9-11H,4,8,13H2,1-3H3,(H,24,26)(H2,23,28,29). The van der Waals surface area contributed by atoms with E-state index in [0.717, 1.165) is 29.9 Å². The van der Waals surface area contributed by atoms with Gasteiger partial charge in [0.15, 0.2) is 6.61 Å². The van der Waals surface area contributed by atoms with Crippen molar-refractivity contribution >= 4 is 33.7 Å². The van der Waals surface area contributed by atoms with E-state index in [0.29, 0.717) is 0 Å². The maximum atomic E-state index is 12.3. The van der Waals surface area contributed by atoms with E-state index < -0.39 is 28.5 Å². The largest absolute Gasteiger partial charge is 0.451 e. The lowest BCUT2D eigenvalue weighted by Gasteiger charge is -2.08. The van der Waals surface area contributed by atoms with E-state index in [1.54, 1.807) is 6.07 Å². The first kappa shape index (κ1) is 23.9. The summed E-state index contributed by atoms with van der Waals surface area (Å²) in [6.07, 6.45) is 2.38. The van der Waals surface area contributed by atoms with Gasteiger partial charge in [-0.1, -0.05) is 13.0 Å². The van der Waals surface area contributed by atoms with E-state index in [1.807, 2.05) is 19.9 Å². The first-order valence-corrected chi connectivity index (χ1v) is 11.0. The van der Waals surface area contributed by atoms with Crippen LogP contribution in [0.2, 0.25) is 0 Å². The average molecular weight is 445 g/mol. The fraction of sp³-hybridized carbons (Fsp3) is 0.286.